The van der Waals surface area contributed by atoms with Gasteiger partial charge in [-0.25, -0.2) is 22.7 Å². The summed E-state index contributed by atoms with van der Waals surface area (Å²) >= 11 is 0. The molecule has 0 saturated heterocycles. The highest BCUT2D eigenvalue weighted by molar-refractivity contribution is 7.89. The number of H-pyrrole nitrogens is 1. The number of benzene rings is 1. The highest BCUT2D eigenvalue weighted by Crippen LogP contribution is 2.14. The molecule has 2 N–H and O–H groups in total. The highest BCUT2D eigenvalue weighted by Gasteiger charge is 2.17. The summed E-state index contributed by atoms with van der Waals surface area (Å²) in [5, 5.41) is 0.0108. The first-order valence-corrected chi connectivity index (χ1v) is 7.51. The van der Waals surface area contributed by atoms with Gasteiger partial charge in [-0.05, 0) is 31.5 Å². The van der Waals surface area contributed by atoms with Crippen LogP contribution in [0, 0.1) is 0 Å². The Labute approximate surface area is 114 Å². The minimum absolute atomic E-state index is 0.0108. The molecule has 0 radical (unpaired) electrons. The van der Waals surface area contributed by atoms with E-state index < -0.39 is 21.4 Å². The van der Waals surface area contributed by atoms with Crippen LogP contribution in [0.15, 0.2) is 37.1 Å². The fraction of sp³-hybridized carbons (Fsp3) is 0.333. The van der Waals surface area contributed by atoms with Gasteiger partial charge in [0, 0.05) is 6.04 Å². The van der Waals surface area contributed by atoms with Crippen LogP contribution in [0.4, 0.5) is 0 Å². The maximum atomic E-state index is 12.1. The van der Waals surface area contributed by atoms with Gasteiger partial charge in [0.2, 0.25) is 10.0 Å². The molecule has 0 saturated carbocycles. The fourth-order valence-electron chi connectivity index (χ4n) is 1.66. The molecule has 1 atom stereocenters. The fourth-order valence-corrected chi connectivity index (χ4v) is 3.01. The van der Waals surface area contributed by atoms with Crippen LogP contribution in [0.1, 0.15) is 20.3 Å². The lowest BCUT2D eigenvalue weighted by Crippen LogP contribution is -2.32. The van der Waals surface area contributed by atoms with E-state index in [1.807, 2.05) is 6.92 Å². The SMILES string of the molecule is CCC(C)NS(=O)(=O)c1ccc2[nH]c(=O)oc(=O)c2c1. The predicted octanol–water partition coefficient (Wildman–Crippen LogP) is 0.558. The quantitative estimate of drug-likeness (QED) is 0.857. The summed E-state index contributed by atoms with van der Waals surface area (Å²) < 4.78 is 31.1. The summed E-state index contributed by atoms with van der Waals surface area (Å²) in [4.78, 5) is 24.8. The average Bonchev–Trinajstić information content (AvgIpc) is 2.37. The molecule has 0 aliphatic heterocycles. The predicted molar refractivity (Wildman–Crippen MR) is 73.2 cm³/mol. The van der Waals surface area contributed by atoms with E-state index in [0.29, 0.717) is 6.42 Å². The second-order valence-corrected chi connectivity index (χ2v) is 6.15. The molecule has 1 heterocycles. The molecule has 20 heavy (non-hydrogen) atoms. The van der Waals surface area contributed by atoms with Crippen LogP contribution in [0.5, 0.6) is 0 Å². The second-order valence-electron chi connectivity index (χ2n) is 4.44. The van der Waals surface area contributed by atoms with Gasteiger partial charge in [-0.3, -0.25) is 4.98 Å². The van der Waals surface area contributed by atoms with Gasteiger partial charge in [0.25, 0.3) is 0 Å². The zero-order chi connectivity index (χ0) is 14.9. The molecule has 108 valence electrons. The van der Waals surface area contributed by atoms with Crippen molar-refractivity contribution in [2.75, 3.05) is 0 Å². The first-order valence-electron chi connectivity index (χ1n) is 6.03. The Hall–Kier alpha value is -1.93. The van der Waals surface area contributed by atoms with Gasteiger partial charge in [0.15, 0.2) is 0 Å². The van der Waals surface area contributed by atoms with Gasteiger partial charge in [-0.15, -0.1) is 0 Å². The summed E-state index contributed by atoms with van der Waals surface area (Å²) in [7, 11) is -3.71. The van der Waals surface area contributed by atoms with E-state index in [1.165, 1.54) is 18.2 Å². The Morgan fingerprint density at radius 2 is 2.05 bits per heavy atom. The molecular weight excluding hydrogens is 284 g/mol. The molecule has 0 amide bonds. The first kappa shape index (κ1) is 14.5. The molecule has 0 bridgehead atoms. The second kappa shape index (κ2) is 5.22. The van der Waals surface area contributed by atoms with E-state index >= 15 is 0 Å². The summed E-state index contributed by atoms with van der Waals surface area (Å²) in [5.74, 6) is -0.879. The van der Waals surface area contributed by atoms with Gasteiger partial charge in [0.05, 0.1) is 15.8 Å². The summed E-state index contributed by atoms with van der Waals surface area (Å²) in [6.07, 6.45) is 0.641. The van der Waals surface area contributed by atoms with E-state index in [4.69, 9.17) is 0 Å². The lowest BCUT2D eigenvalue weighted by atomic mass is 10.2. The summed E-state index contributed by atoms with van der Waals surface area (Å²) in [6, 6.07) is 3.64. The van der Waals surface area contributed by atoms with Gasteiger partial charge in [0.1, 0.15) is 0 Å². The molecule has 0 aliphatic rings. The highest BCUT2D eigenvalue weighted by atomic mass is 32.2. The molecule has 0 aliphatic carbocycles. The topological polar surface area (TPSA) is 109 Å². The number of hydrogen-bond acceptors (Lipinski definition) is 5. The Kier molecular flexibility index (Phi) is 3.78. The monoisotopic (exact) mass is 298 g/mol. The average molecular weight is 298 g/mol. The van der Waals surface area contributed by atoms with Crippen LogP contribution < -0.4 is 16.1 Å². The molecule has 0 fully saturated rings. The number of fused-ring (bicyclic) bond motifs is 1. The molecule has 2 rings (SSSR count). The molecule has 1 aromatic heterocycles. The molecule has 2 aromatic rings. The minimum atomic E-state index is -3.71. The Morgan fingerprint density at radius 1 is 1.35 bits per heavy atom. The summed E-state index contributed by atoms with van der Waals surface area (Å²) in [6.45, 7) is 3.59. The van der Waals surface area contributed by atoms with Crippen molar-refractivity contribution in [1.82, 2.24) is 9.71 Å². The smallest absolute Gasteiger partial charge is 0.372 e. The van der Waals surface area contributed by atoms with Gasteiger partial charge >= 0.3 is 11.4 Å². The van der Waals surface area contributed by atoms with Crippen LogP contribution >= 0.6 is 0 Å². The Morgan fingerprint density at radius 3 is 2.70 bits per heavy atom. The van der Waals surface area contributed by atoms with Gasteiger partial charge in [-0.2, -0.15) is 0 Å². The number of nitrogens with one attached hydrogen (secondary N) is 2. The van der Waals surface area contributed by atoms with E-state index in [9.17, 15) is 18.0 Å². The molecular formula is C12H14N2O5S. The number of sulfonamides is 1. The maximum absolute atomic E-state index is 12.1. The van der Waals surface area contributed by atoms with E-state index in [1.54, 1.807) is 6.92 Å². The van der Waals surface area contributed by atoms with Crippen molar-refractivity contribution in [3.63, 3.8) is 0 Å². The van der Waals surface area contributed by atoms with E-state index in [2.05, 4.69) is 14.1 Å². The van der Waals surface area contributed by atoms with E-state index in [0.717, 1.165) is 0 Å². The molecule has 0 spiro atoms. The van der Waals surface area contributed by atoms with Crippen LogP contribution in [0.3, 0.4) is 0 Å². The number of aromatic nitrogens is 1. The Bertz CT molecular complexity index is 850. The first-order chi connectivity index (χ1) is 9.33. The van der Waals surface area contributed by atoms with Crippen LogP contribution in [-0.4, -0.2) is 19.4 Å². The van der Waals surface area contributed by atoms with E-state index in [-0.39, 0.29) is 21.8 Å². The number of rotatable bonds is 4. The third-order valence-electron chi connectivity index (χ3n) is 2.91. The third kappa shape index (κ3) is 2.81. The van der Waals surface area contributed by atoms with Crippen molar-refractivity contribution in [3.8, 4) is 0 Å². The van der Waals surface area contributed by atoms with Crippen molar-refractivity contribution in [2.24, 2.45) is 0 Å². The van der Waals surface area contributed by atoms with Gasteiger partial charge < -0.3 is 4.42 Å². The van der Waals surface area contributed by atoms with Crippen molar-refractivity contribution < 1.29 is 12.8 Å². The van der Waals surface area contributed by atoms with Crippen LogP contribution in [-0.2, 0) is 10.0 Å². The maximum Gasteiger partial charge on any atom is 0.419 e. The van der Waals surface area contributed by atoms with Crippen molar-refractivity contribution in [3.05, 3.63) is 39.2 Å². The standard InChI is InChI=1S/C12H14N2O5S/c1-3-7(2)14-20(17,18)8-4-5-10-9(6-8)11(15)19-12(16)13-10/h4-7,14H,3H2,1-2H3,(H,13,16). The van der Waals surface area contributed by atoms with Gasteiger partial charge in [-0.1, -0.05) is 6.92 Å². The molecule has 1 unspecified atom stereocenters. The minimum Gasteiger partial charge on any atom is -0.372 e. The Balaban J connectivity index is 2.57. The van der Waals surface area contributed by atoms with Crippen molar-refractivity contribution in [1.29, 1.82) is 0 Å². The zero-order valence-corrected chi connectivity index (χ0v) is 11.8. The van der Waals surface area contributed by atoms with Crippen molar-refractivity contribution in [2.45, 2.75) is 31.2 Å². The van der Waals surface area contributed by atoms with Crippen LogP contribution in [0.25, 0.3) is 10.9 Å². The largest absolute Gasteiger partial charge is 0.419 e. The number of hydrogen-bond donors (Lipinski definition) is 2. The van der Waals surface area contributed by atoms with Crippen LogP contribution in [0.2, 0.25) is 0 Å². The molecule has 8 heteroatoms. The third-order valence-corrected chi connectivity index (χ3v) is 4.50. The lowest BCUT2D eigenvalue weighted by Gasteiger charge is -2.12. The normalized spacial score (nSPS) is 13.5. The zero-order valence-electron chi connectivity index (χ0n) is 11.0. The lowest BCUT2D eigenvalue weighted by molar-refractivity contribution is 0.460. The molecule has 7 nitrogen and oxygen atoms in total. The van der Waals surface area contributed by atoms with Crippen molar-refractivity contribution >= 4 is 20.9 Å². The molecule has 1 aromatic carbocycles. The number of aromatic amines is 1. The summed E-state index contributed by atoms with van der Waals surface area (Å²) in [5.41, 5.74) is -0.641.